The van der Waals surface area contributed by atoms with Crippen LogP contribution in [-0.4, -0.2) is 4.98 Å². The van der Waals surface area contributed by atoms with Gasteiger partial charge >= 0.3 is 0 Å². The Labute approximate surface area is 127 Å². The minimum atomic E-state index is 0.280. The van der Waals surface area contributed by atoms with Crippen molar-refractivity contribution in [2.45, 2.75) is 18.4 Å². The second-order valence-electron chi connectivity index (χ2n) is 5.43. The van der Waals surface area contributed by atoms with E-state index < -0.39 is 0 Å². The molecule has 2 heterocycles. The lowest BCUT2D eigenvalue weighted by Crippen LogP contribution is -2.29. The number of allylic oxidation sites excluding steroid dienone is 2. The first kappa shape index (κ1) is 12.2. The standard InChI is InChI=1S/C17H15BrN2/c18-14-8-4-7-12-11-5-3-6-13(11)17(20-16(12)14)15-9-1-2-10-19-15/h1-5,7-11,13,17,20H,6H2/t11-,13-,17-/m0/s1. The fourth-order valence-electron chi connectivity index (χ4n) is 3.44. The molecule has 1 aromatic carbocycles. The Kier molecular flexibility index (Phi) is 2.88. The smallest absolute Gasteiger partial charge is 0.0725 e. The van der Waals surface area contributed by atoms with Crippen LogP contribution in [-0.2, 0) is 0 Å². The van der Waals surface area contributed by atoms with E-state index in [4.69, 9.17) is 0 Å². The first-order valence-electron chi connectivity index (χ1n) is 6.97. The molecule has 1 aliphatic carbocycles. The number of rotatable bonds is 1. The summed E-state index contributed by atoms with van der Waals surface area (Å²) in [6, 6.07) is 12.9. The fourth-order valence-corrected chi connectivity index (χ4v) is 3.93. The lowest BCUT2D eigenvalue weighted by molar-refractivity contribution is 0.418. The van der Waals surface area contributed by atoms with E-state index >= 15 is 0 Å². The lowest BCUT2D eigenvalue weighted by Gasteiger charge is -2.37. The van der Waals surface area contributed by atoms with Crippen LogP contribution < -0.4 is 5.32 Å². The molecule has 4 rings (SSSR count). The van der Waals surface area contributed by atoms with Gasteiger partial charge in [-0.25, -0.2) is 0 Å². The van der Waals surface area contributed by atoms with Crippen LogP contribution in [0.5, 0.6) is 0 Å². The van der Waals surface area contributed by atoms with E-state index in [9.17, 15) is 0 Å². The van der Waals surface area contributed by atoms with Crippen molar-refractivity contribution in [3.63, 3.8) is 0 Å². The van der Waals surface area contributed by atoms with Gasteiger partial charge in [-0.05, 0) is 52.0 Å². The van der Waals surface area contributed by atoms with Crippen molar-refractivity contribution in [1.82, 2.24) is 4.98 Å². The summed E-state index contributed by atoms with van der Waals surface area (Å²) in [5.74, 6) is 1.06. The summed E-state index contributed by atoms with van der Waals surface area (Å²) in [6.07, 6.45) is 7.66. The largest absolute Gasteiger partial charge is 0.375 e. The zero-order valence-corrected chi connectivity index (χ0v) is 12.5. The van der Waals surface area contributed by atoms with E-state index in [2.05, 4.69) is 68.7 Å². The first-order chi connectivity index (χ1) is 9.84. The number of benzene rings is 1. The Bertz CT molecular complexity index is 666. The number of nitrogens with zero attached hydrogens (tertiary/aromatic N) is 1. The van der Waals surface area contributed by atoms with Gasteiger partial charge in [0.05, 0.1) is 17.4 Å². The number of para-hydroxylation sites is 1. The zero-order valence-electron chi connectivity index (χ0n) is 11.0. The van der Waals surface area contributed by atoms with Crippen LogP contribution in [0.15, 0.2) is 59.2 Å². The molecule has 2 nitrogen and oxygen atoms in total. The normalized spacial score (nSPS) is 26.8. The maximum absolute atomic E-state index is 4.56. The summed E-state index contributed by atoms with van der Waals surface area (Å²) < 4.78 is 1.13. The highest BCUT2D eigenvalue weighted by Gasteiger charge is 2.38. The maximum atomic E-state index is 4.56. The number of hydrogen-bond acceptors (Lipinski definition) is 2. The van der Waals surface area contributed by atoms with Gasteiger partial charge in [0.1, 0.15) is 0 Å². The van der Waals surface area contributed by atoms with Crippen LogP contribution in [0.1, 0.15) is 29.6 Å². The monoisotopic (exact) mass is 326 g/mol. The molecule has 1 N–H and O–H groups in total. The molecule has 20 heavy (non-hydrogen) atoms. The van der Waals surface area contributed by atoms with Gasteiger partial charge in [0, 0.05) is 16.6 Å². The molecule has 0 amide bonds. The quantitative estimate of drug-likeness (QED) is 0.770. The third kappa shape index (κ3) is 1.80. The molecule has 0 spiro atoms. The molecule has 2 aromatic rings. The molecule has 2 aliphatic rings. The highest BCUT2D eigenvalue weighted by Crippen LogP contribution is 2.50. The summed E-state index contributed by atoms with van der Waals surface area (Å²) in [5.41, 5.74) is 3.74. The predicted octanol–water partition coefficient (Wildman–Crippen LogP) is 4.67. The van der Waals surface area contributed by atoms with Crippen LogP contribution in [0, 0.1) is 5.92 Å². The Morgan fingerprint density at radius 3 is 2.95 bits per heavy atom. The SMILES string of the molecule is Brc1cccc2c1N[C@H](c1ccccn1)[C@H]1CC=C[C@@H]21. The highest BCUT2D eigenvalue weighted by atomic mass is 79.9. The summed E-state index contributed by atoms with van der Waals surface area (Å²) in [6.45, 7) is 0. The van der Waals surface area contributed by atoms with Gasteiger partial charge in [-0.2, -0.15) is 0 Å². The van der Waals surface area contributed by atoms with Crippen LogP contribution in [0.2, 0.25) is 0 Å². The molecule has 100 valence electrons. The summed E-state index contributed by atoms with van der Waals surface area (Å²) in [5, 5.41) is 3.70. The van der Waals surface area contributed by atoms with Crippen LogP contribution in [0.25, 0.3) is 0 Å². The molecule has 0 unspecified atom stereocenters. The number of pyridine rings is 1. The molecule has 0 saturated carbocycles. The zero-order chi connectivity index (χ0) is 13.5. The summed E-state index contributed by atoms with van der Waals surface area (Å²) in [7, 11) is 0. The van der Waals surface area contributed by atoms with Crippen molar-refractivity contribution in [2.75, 3.05) is 5.32 Å². The number of hydrogen-bond donors (Lipinski definition) is 1. The number of halogens is 1. The molecular weight excluding hydrogens is 312 g/mol. The second-order valence-corrected chi connectivity index (χ2v) is 6.29. The van der Waals surface area contributed by atoms with Gasteiger partial charge in [0.2, 0.25) is 0 Å². The van der Waals surface area contributed by atoms with E-state index in [1.807, 2.05) is 12.3 Å². The van der Waals surface area contributed by atoms with E-state index in [0.717, 1.165) is 16.6 Å². The lowest BCUT2D eigenvalue weighted by atomic mass is 9.78. The molecule has 3 heteroatoms. The minimum absolute atomic E-state index is 0.280. The number of anilines is 1. The van der Waals surface area contributed by atoms with Gasteiger partial charge in [-0.3, -0.25) is 4.98 Å². The summed E-state index contributed by atoms with van der Waals surface area (Å²) >= 11 is 3.67. The third-order valence-electron chi connectivity index (χ3n) is 4.35. The van der Waals surface area contributed by atoms with Crippen LogP contribution >= 0.6 is 15.9 Å². The van der Waals surface area contributed by atoms with E-state index in [1.165, 1.54) is 11.3 Å². The molecular formula is C17H15BrN2. The Morgan fingerprint density at radius 1 is 1.15 bits per heavy atom. The van der Waals surface area contributed by atoms with E-state index in [0.29, 0.717) is 11.8 Å². The maximum Gasteiger partial charge on any atom is 0.0725 e. The molecule has 3 atom stereocenters. The van der Waals surface area contributed by atoms with Crippen molar-refractivity contribution in [1.29, 1.82) is 0 Å². The predicted molar refractivity (Wildman–Crippen MR) is 84.7 cm³/mol. The Morgan fingerprint density at radius 2 is 2.10 bits per heavy atom. The van der Waals surface area contributed by atoms with Gasteiger partial charge in [-0.1, -0.05) is 30.4 Å². The summed E-state index contributed by atoms with van der Waals surface area (Å²) in [4.78, 5) is 4.56. The second kappa shape index (κ2) is 4.74. The van der Waals surface area contributed by atoms with Crippen molar-refractivity contribution in [2.24, 2.45) is 5.92 Å². The number of aromatic nitrogens is 1. The van der Waals surface area contributed by atoms with Gasteiger partial charge in [-0.15, -0.1) is 0 Å². The van der Waals surface area contributed by atoms with Crippen molar-refractivity contribution >= 4 is 21.6 Å². The Hall–Kier alpha value is -1.61. The molecule has 0 radical (unpaired) electrons. The van der Waals surface area contributed by atoms with Crippen LogP contribution in [0.4, 0.5) is 5.69 Å². The minimum Gasteiger partial charge on any atom is -0.375 e. The van der Waals surface area contributed by atoms with Gasteiger partial charge in [0.25, 0.3) is 0 Å². The number of fused-ring (bicyclic) bond motifs is 3. The first-order valence-corrected chi connectivity index (χ1v) is 7.76. The van der Waals surface area contributed by atoms with Crippen molar-refractivity contribution < 1.29 is 0 Å². The van der Waals surface area contributed by atoms with Crippen molar-refractivity contribution in [3.8, 4) is 0 Å². The van der Waals surface area contributed by atoms with E-state index in [1.54, 1.807) is 0 Å². The Balaban J connectivity index is 1.83. The van der Waals surface area contributed by atoms with Crippen LogP contribution in [0.3, 0.4) is 0 Å². The molecule has 0 fully saturated rings. The van der Waals surface area contributed by atoms with Gasteiger partial charge < -0.3 is 5.32 Å². The topological polar surface area (TPSA) is 24.9 Å². The van der Waals surface area contributed by atoms with Crippen molar-refractivity contribution in [3.05, 3.63) is 70.5 Å². The number of nitrogens with one attached hydrogen (secondary N) is 1. The molecule has 0 saturated heterocycles. The van der Waals surface area contributed by atoms with E-state index in [-0.39, 0.29) is 6.04 Å². The average Bonchev–Trinajstić information content (AvgIpc) is 2.97. The third-order valence-corrected chi connectivity index (χ3v) is 5.01. The van der Waals surface area contributed by atoms with Gasteiger partial charge in [0.15, 0.2) is 0 Å². The molecule has 0 bridgehead atoms. The highest BCUT2D eigenvalue weighted by molar-refractivity contribution is 9.10. The average molecular weight is 327 g/mol. The molecule has 1 aliphatic heterocycles. The molecule has 1 aromatic heterocycles. The fraction of sp³-hybridized carbons (Fsp3) is 0.235.